The SMILES string of the molecule is COc1ccc(N(CCC2CCN(CCc3ccc(OC)c(OC)c3)CC2)C(C)(c2ccc(OC)c(Cl)c2)C2CCN(CCc3ccc(OC)c(OC)c3)CC2)cc1F. The van der Waals surface area contributed by atoms with Gasteiger partial charge in [-0.05, 0) is 155 Å². The summed E-state index contributed by atoms with van der Waals surface area (Å²) in [6.45, 7) is 9.12. The van der Waals surface area contributed by atoms with Crippen molar-refractivity contribution < 1.29 is 32.8 Å². The highest BCUT2D eigenvalue weighted by molar-refractivity contribution is 6.32. The Morgan fingerprint density at radius 1 is 0.610 bits per heavy atom. The summed E-state index contributed by atoms with van der Waals surface area (Å²) in [5.41, 5.74) is 3.92. The van der Waals surface area contributed by atoms with Crippen molar-refractivity contribution in [2.75, 3.05) is 93.4 Å². The highest BCUT2D eigenvalue weighted by Gasteiger charge is 2.43. The van der Waals surface area contributed by atoms with Crippen LogP contribution in [0, 0.1) is 17.7 Å². The Labute approximate surface area is 356 Å². The number of nitrogens with zero attached hydrogens (tertiary/aromatic N) is 3. The van der Waals surface area contributed by atoms with Crippen molar-refractivity contribution in [2.24, 2.45) is 11.8 Å². The molecule has 0 aromatic heterocycles. The van der Waals surface area contributed by atoms with Gasteiger partial charge in [0.15, 0.2) is 34.6 Å². The maximum Gasteiger partial charge on any atom is 0.167 e. The minimum Gasteiger partial charge on any atom is -0.495 e. The molecule has 2 fully saturated rings. The lowest BCUT2D eigenvalue weighted by atomic mass is 9.72. The molecule has 0 radical (unpaired) electrons. The lowest BCUT2D eigenvalue weighted by Gasteiger charge is -2.51. The zero-order valence-corrected chi connectivity index (χ0v) is 36.8. The van der Waals surface area contributed by atoms with Crippen LogP contribution in [0.15, 0.2) is 72.8 Å². The molecule has 9 nitrogen and oxygen atoms in total. The molecule has 0 bridgehead atoms. The van der Waals surface area contributed by atoms with Gasteiger partial charge in [0.1, 0.15) is 5.75 Å². The number of hydrogen-bond donors (Lipinski definition) is 0. The summed E-state index contributed by atoms with van der Waals surface area (Å²) in [6.07, 6.45) is 7.10. The summed E-state index contributed by atoms with van der Waals surface area (Å²) in [5.74, 6) is 4.36. The van der Waals surface area contributed by atoms with Crippen LogP contribution in [0.4, 0.5) is 10.1 Å². The summed E-state index contributed by atoms with van der Waals surface area (Å²) in [5, 5.41) is 0.574. The van der Waals surface area contributed by atoms with E-state index in [0.29, 0.717) is 16.7 Å². The minimum absolute atomic E-state index is 0.242. The highest BCUT2D eigenvalue weighted by atomic mass is 35.5. The van der Waals surface area contributed by atoms with Gasteiger partial charge in [0, 0.05) is 31.4 Å². The van der Waals surface area contributed by atoms with Crippen molar-refractivity contribution >= 4 is 17.3 Å². The second kappa shape index (κ2) is 20.7. The standard InChI is InChI=1S/C48H63ClFN3O6/c1-48(38-10-14-42(54-2)40(49)32-38,37-21-27-52(28-22-37)26-19-36-9-13-45(57-5)47(31-36)59-7)53(39-11-15-43(55-3)41(50)33-39)29-20-34-16-23-51(24-17-34)25-18-35-8-12-44(56-4)46(30-35)58-6/h8-15,30-34,37H,16-29H2,1-7H3. The van der Waals surface area contributed by atoms with E-state index in [1.807, 2.05) is 24.3 Å². The molecule has 4 aromatic carbocycles. The molecule has 320 valence electrons. The molecular weight excluding hydrogens is 769 g/mol. The fraction of sp³-hybridized carbons (Fsp3) is 0.500. The number of anilines is 1. The van der Waals surface area contributed by atoms with E-state index < -0.39 is 5.54 Å². The van der Waals surface area contributed by atoms with Crippen LogP contribution in [-0.2, 0) is 18.4 Å². The monoisotopic (exact) mass is 831 g/mol. The zero-order chi connectivity index (χ0) is 41.9. The van der Waals surface area contributed by atoms with Crippen LogP contribution < -0.4 is 33.3 Å². The molecule has 59 heavy (non-hydrogen) atoms. The van der Waals surface area contributed by atoms with E-state index >= 15 is 4.39 Å². The highest BCUT2D eigenvalue weighted by Crippen LogP contribution is 2.46. The van der Waals surface area contributed by atoms with Crippen molar-refractivity contribution in [3.63, 3.8) is 0 Å². The summed E-state index contributed by atoms with van der Waals surface area (Å²) in [6, 6.07) is 24.0. The third kappa shape index (κ3) is 10.5. The van der Waals surface area contributed by atoms with Crippen molar-refractivity contribution in [1.82, 2.24) is 9.80 Å². The van der Waals surface area contributed by atoms with Crippen molar-refractivity contribution in [3.05, 3.63) is 100 Å². The number of halogens is 2. The van der Waals surface area contributed by atoms with Crippen LogP contribution in [0.25, 0.3) is 0 Å². The topological polar surface area (TPSA) is 65.1 Å². The van der Waals surface area contributed by atoms with Gasteiger partial charge >= 0.3 is 0 Å². The van der Waals surface area contributed by atoms with E-state index in [-0.39, 0.29) is 17.5 Å². The van der Waals surface area contributed by atoms with Crippen molar-refractivity contribution in [3.8, 4) is 34.5 Å². The molecule has 0 N–H and O–H groups in total. The normalized spacial score (nSPS) is 16.6. The zero-order valence-electron chi connectivity index (χ0n) is 36.0. The van der Waals surface area contributed by atoms with Gasteiger partial charge in [-0.25, -0.2) is 4.39 Å². The summed E-state index contributed by atoms with van der Waals surface area (Å²) >= 11 is 6.90. The molecule has 1 atom stereocenters. The van der Waals surface area contributed by atoms with Crippen LogP contribution in [0.3, 0.4) is 0 Å². The molecule has 2 aliphatic heterocycles. The van der Waals surface area contributed by atoms with Gasteiger partial charge in [-0.15, -0.1) is 0 Å². The number of methoxy groups -OCH3 is 6. The largest absolute Gasteiger partial charge is 0.495 e. The Kier molecular flexibility index (Phi) is 15.5. The van der Waals surface area contributed by atoms with Crippen LogP contribution in [0.1, 0.15) is 55.7 Å². The smallest absolute Gasteiger partial charge is 0.167 e. The molecule has 6 rings (SSSR count). The second-order valence-electron chi connectivity index (χ2n) is 16.0. The molecule has 0 spiro atoms. The van der Waals surface area contributed by atoms with Crippen LogP contribution >= 0.6 is 11.6 Å². The maximum absolute atomic E-state index is 15.7. The molecule has 4 aromatic rings. The Bertz CT molecular complexity index is 1970. The second-order valence-corrected chi connectivity index (χ2v) is 16.4. The number of likely N-dealkylation sites (tertiary alicyclic amines) is 2. The number of piperidine rings is 2. The molecule has 0 aliphatic carbocycles. The van der Waals surface area contributed by atoms with Gasteiger partial charge < -0.3 is 43.1 Å². The van der Waals surface area contributed by atoms with E-state index in [4.69, 9.17) is 40.0 Å². The summed E-state index contributed by atoms with van der Waals surface area (Å²) < 4.78 is 48.6. The van der Waals surface area contributed by atoms with E-state index in [2.05, 4.69) is 58.0 Å². The molecule has 2 aliphatic rings. The Morgan fingerprint density at radius 3 is 1.59 bits per heavy atom. The fourth-order valence-electron chi connectivity index (χ4n) is 9.22. The molecule has 0 saturated carbocycles. The number of benzene rings is 4. The average Bonchev–Trinajstić information content (AvgIpc) is 3.27. The Hall–Kier alpha value is -4.38. The van der Waals surface area contributed by atoms with E-state index in [9.17, 15) is 0 Å². The van der Waals surface area contributed by atoms with E-state index in [0.717, 1.165) is 125 Å². The van der Waals surface area contributed by atoms with Crippen LogP contribution in [0.2, 0.25) is 5.02 Å². The first-order chi connectivity index (χ1) is 28.6. The van der Waals surface area contributed by atoms with Crippen LogP contribution in [0.5, 0.6) is 34.5 Å². The first-order valence-electron chi connectivity index (χ1n) is 21.0. The van der Waals surface area contributed by atoms with Crippen LogP contribution in [-0.4, -0.2) is 98.3 Å². The predicted octanol–water partition coefficient (Wildman–Crippen LogP) is 9.55. The first-order valence-corrected chi connectivity index (χ1v) is 21.3. The summed E-state index contributed by atoms with van der Waals surface area (Å²) in [4.78, 5) is 7.61. The third-order valence-corrected chi connectivity index (χ3v) is 13.2. The van der Waals surface area contributed by atoms with Crippen molar-refractivity contribution in [1.29, 1.82) is 0 Å². The molecule has 1 unspecified atom stereocenters. The molecule has 2 saturated heterocycles. The predicted molar refractivity (Wildman–Crippen MR) is 235 cm³/mol. The minimum atomic E-state index is -0.494. The van der Waals surface area contributed by atoms with Gasteiger partial charge in [-0.1, -0.05) is 29.8 Å². The van der Waals surface area contributed by atoms with Gasteiger partial charge in [0.25, 0.3) is 0 Å². The molecule has 0 amide bonds. The van der Waals surface area contributed by atoms with E-state index in [1.54, 1.807) is 47.7 Å². The third-order valence-electron chi connectivity index (χ3n) is 12.9. The number of hydrogen-bond acceptors (Lipinski definition) is 9. The Balaban J connectivity index is 1.19. The lowest BCUT2D eigenvalue weighted by Crippen LogP contribution is -2.53. The first kappa shape index (κ1) is 44.2. The number of rotatable bonds is 19. The molecule has 11 heteroatoms. The van der Waals surface area contributed by atoms with Crippen molar-refractivity contribution in [2.45, 2.75) is 57.4 Å². The average molecular weight is 832 g/mol. The van der Waals surface area contributed by atoms with E-state index in [1.165, 1.54) is 18.2 Å². The quantitative estimate of drug-likeness (QED) is 0.0920. The molecule has 2 heterocycles. The van der Waals surface area contributed by atoms with Gasteiger partial charge in [-0.2, -0.15) is 0 Å². The summed E-state index contributed by atoms with van der Waals surface area (Å²) in [7, 11) is 9.84. The van der Waals surface area contributed by atoms with Gasteiger partial charge in [0.05, 0.1) is 53.2 Å². The fourth-order valence-corrected chi connectivity index (χ4v) is 9.48. The molecular formula is C48H63ClFN3O6. The van der Waals surface area contributed by atoms with Gasteiger partial charge in [0.2, 0.25) is 0 Å². The van der Waals surface area contributed by atoms with Gasteiger partial charge in [-0.3, -0.25) is 0 Å². The maximum atomic E-state index is 15.7. The lowest BCUT2D eigenvalue weighted by molar-refractivity contribution is 0.128. The Morgan fingerprint density at radius 2 is 1.10 bits per heavy atom. The number of ether oxygens (including phenoxy) is 6.